The van der Waals surface area contributed by atoms with E-state index < -0.39 is 0 Å². The number of aromatic nitrogens is 3. The van der Waals surface area contributed by atoms with Crippen molar-refractivity contribution in [3.8, 4) is 0 Å². The van der Waals surface area contributed by atoms with Crippen LogP contribution in [0.5, 0.6) is 0 Å². The smallest absolute Gasteiger partial charge is 0.0734 e. The van der Waals surface area contributed by atoms with Gasteiger partial charge in [-0.3, -0.25) is 9.67 Å². The average molecular weight is 266 g/mol. The third kappa shape index (κ3) is 2.86. The van der Waals surface area contributed by atoms with Gasteiger partial charge in [-0.1, -0.05) is 24.3 Å². The lowest BCUT2D eigenvalue weighted by Crippen LogP contribution is -2.16. The van der Waals surface area contributed by atoms with Gasteiger partial charge >= 0.3 is 0 Å². The first-order valence-corrected chi connectivity index (χ1v) is 6.84. The molecule has 0 amide bonds. The minimum atomic E-state index is 0.853. The first-order chi connectivity index (χ1) is 9.83. The van der Waals surface area contributed by atoms with Gasteiger partial charge in [0, 0.05) is 36.9 Å². The summed E-state index contributed by atoms with van der Waals surface area (Å²) in [6, 6.07) is 10.4. The highest BCUT2D eigenvalue weighted by Crippen LogP contribution is 2.15. The third-order valence-corrected chi connectivity index (χ3v) is 3.37. The van der Waals surface area contributed by atoms with Crippen LogP contribution < -0.4 is 5.32 Å². The molecule has 2 aromatic heterocycles. The van der Waals surface area contributed by atoms with E-state index in [2.05, 4.69) is 39.7 Å². The Morgan fingerprint density at radius 2 is 2.10 bits per heavy atom. The molecule has 0 aliphatic carbocycles. The molecule has 0 spiro atoms. The molecule has 20 heavy (non-hydrogen) atoms. The number of pyridine rings is 1. The molecule has 0 unspecified atom stereocenters. The molecule has 0 radical (unpaired) electrons. The second-order valence-corrected chi connectivity index (χ2v) is 4.94. The number of hydrogen-bond donors (Lipinski definition) is 1. The standard InChI is InChI=1S/C16H18N4/c1-20-12-13(11-19-20)10-17-9-7-15-5-2-4-14-6-3-8-18-16(14)15/h2-6,8,11-12,17H,7,9-10H2,1H3. The number of fused-ring (bicyclic) bond motifs is 1. The molecule has 1 aromatic carbocycles. The summed E-state index contributed by atoms with van der Waals surface area (Å²) in [5, 5.41) is 8.81. The summed E-state index contributed by atoms with van der Waals surface area (Å²) in [7, 11) is 1.94. The summed E-state index contributed by atoms with van der Waals surface area (Å²) < 4.78 is 1.83. The number of para-hydroxylation sites is 1. The molecule has 1 N–H and O–H groups in total. The molecule has 0 aliphatic rings. The van der Waals surface area contributed by atoms with Crippen LogP contribution in [0.1, 0.15) is 11.1 Å². The molecule has 3 rings (SSSR count). The molecular formula is C16H18N4. The van der Waals surface area contributed by atoms with Crippen molar-refractivity contribution in [3.05, 3.63) is 60.0 Å². The number of nitrogens with zero attached hydrogens (tertiary/aromatic N) is 3. The van der Waals surface area contributed by atoms with Crippen LogP contribution in [0.2, 0.25) is 0 Å². The Hall–Kier alpha value is -2.20. The lowest BCUT2D eigenvalue weighted by molar-refractivity contribution is 0.687. The lowest BCUT2D eigenvalue weighted by Gasteiger charge is -2.06. The van der Waals surface area contributed by atoms with E-state index in [9.17, 15) is 0 Å². The number of rotatable bonds is 5. The van der Waals surface area contributed by atoms with E-state index in [4.69, 9.17) is 0 Å². The van der Waals surface area contributed by atoms with Crippen LogP contribution in [0.15, 0.2) is 48.9 Å². The maximum Gasteiger partial charge on any atom is 0.0734 e. The summed E-state index contributed by atoms with van der Waals surface area (Å²) >= 11 is 0. The van der Waals surface area contributed by atoms with Crippen molar-refractivity contribution in [2.45, 2.75) is 13.0 Å². The Morgan fingerprint density at radius 3 is 2.95 bits per heavy atom. The van der Waals surface area contributed by atoms with Crippen LogP contribution in [0.25, 0.3) is 10.9 Å². The highest BCUT2D eigenvalue weighted by Gasteiger charge is 2.01. The molecule has 2 heterocycles. The van der Waals surface area contributed by atoms with Crippen molar-refractivity contribution >= 4 is 10.9 Å². The maximum absolute atomic E-state index is 4.48. The Kier molecular flexibility index (Phi) is 3.74. The Balaban J connectivity index is 1.60. The molecule has 0 aliphatic heterocycles. The molecule has 4 heteroatoms. The molecule has 0 atom stereocenters. The fraction of sp³-hybridized carbons (Fsp3) is 0.250. The molecule has 0 fully saturated rings. The minimum absolute atomic E-state index is 0.853. The van der Waals surface area contributed by atoms with Crippen molar-refractivity contribution < 1.29 is 0 Å². The quantitative estimate of drug-likeness (QED) is 0.721. The second-order valence-electron chi connectivity index (χ2n) is 4.94. The van der Waals surface area contributed by atoms with Crippen molar-refractivity contribution in [2.75, 3.05) is 6.54 Å². The van der Waals surface area contributed by atoms with Crippen molar-refractivity contribution in [3.63, 3.8) is 0 Å². The number of aryl methyl sites for hydroxylation is 1. The van der Waals surface area contributed by atoms with E-state index in [1.165, 1.54) is 16.5 Å². The van der Waals surface area contributed by atoms with E-state index in [-0.39, 0.29) is 0 Å². The van der Waals surface area contributed by atoms with Gasteiger partial charge in [0.25, 0.3) is 0 Å². The SMILES string of the molecule is Cn1cc(CNCCc2cccc3cccnc23)cn1. The van der Waals surface area contributed by atoms with Crippen LogP contribution in [0.3, 0.4) is 0 Å². The predicted molar refractivity (Wildman–Crippen MR) is 80.4 cm³/mol. The first kappa shape index (κ1) is 12.8. The van der Waals surface area contributed by atoms with Crippen LogP contribution >= 0.6 is 0 Å². The molecule has 3 aromatic rings. The first-order valence-electron chi connectivity index (χ1n) is 6.84. The van der Waals surface area contributed by atoms with Crippen LogP contribution in [-0.2, 0) is 20.0 Å². The zero-order chi connectivity index (χ0) is 13.8. The van der Waals surface area contributed by atoms with Gasteiger partial charge in [-0.15, -0.1) is 0 Å². The van der Waals surface area contributed by atoms with Gasteiger partial charge in [0.05, 0.1) is 11.7 Å². The van der Waals surface area contributed by atoms with Gasteiger partial charge in [0.15, 0.2) is 0 Å². The highest BCUT2D eigenvalue weighted by atomic mass is 15.2. The molecule has 102 valence electrons. The Labute approximate surface area is 118 Å². The largest absolute Gasteiger partial charge is 0.312 e. The summed E-state index contributed by atoms with van der Waals surface area (Å²) in [5.74, 6) is 0. The topological polar surface area (TPSA) is 42.7 Å². The van der Waals surface area contributed by atoms with Crippen molar-refractivity contribution in [1.82, 2.24) is 20.1 Å². The molecule has 0 saturated carbocycles. The maximum atomic E-state index is 4.48. The predicted octanol–water partition coefficient (Wildman–Crippen LogP) is 2.30. The average Bonchev–Trinajstić information content (AvgIpc) is 2.89. The number of nitrogens with one attached hydrogen (secondary N) is 1. The van der Waals surface area contributed by atoms with E-state index in [0.29, 0.717) is 0 Å². The Morgan fingerprint density at radius 1 is 1.20 bits per heavy atom. The summed E-state index contributed by atoms with van der Waals surface area (Å²) in [4.78, 5) is 4.48. The van der Waals surface area contributed by atoms with Gasteiger partial charge in [-0.05, 0) is 24.6 Å². The van der Waals surface area contributed by atoms with E-state index in [1.807, 2.05) is 36.4 Å². The monoisotopic (exact) mass is 266 g/mol. The molecule has 4 nitrogen and oxygen atoms in total. The van der Waals surface area contributed by atoms with Crippen LogP contribution in [-0.4, -0.2) is 21.3 Å². The zero-order valence-corrected chi connectivity index (χ0v) is 11.6. The molecule has 0 saturated heterocycles. The third-order valence-electron chi connectivity index (χ3n) is 3.37. The van der Waals surface area contributed by atoms with Crippen LogP contribution in [0, 0.1) is 0 Å². The van der Waals surface area contributed by atoms with Gasteiger partial charge in [0.1, 0.15) is 0 Å². The zero-order valence-electron chi connectivity index (χ0n) is 11.6. The van der Waals surface area contributed by atoms with Crippen LogP contribution in [0.4, 0.5) is 0 Å². The van der Waals surface area contributed by atoms with Gasteiger partial charge in [-0.2, -0.15) is 5.10 Å². The minimum Gasteiger partial charge on any atom is -0.312 e. The molecule has 0 bridgehead atoms. The Bertz CT molecular complexity index is 697. The van der Waals surface area contributed by atoms with Crippen molar-refractivity contribution in [1.29, 1.82) is 0 Å². The van der Waals surface area contributed by atoms with Crippen molar-refractivity contribution in [2.24, 2.45) is 7.05 Å². The summed E-state index contributed by atoms with van der Waals surface area (Å²) in [6.07, 6.45) is 6.77. The van der Waals surface area contributed by atoms with Gasteiger partial charge in [0.2, 0.25) is 0 Å². The van der Waals surface area contributed by atoms with E-state index in [0.717, 1.165) is 25.0 Å². The fourth-order valence-corrected chi connectivity index (χ4v) is 2.39. The van der Waals surface area contributed by atoms with Gasteiger partial charge in [-0.25, -0.2) is 0 Å². The number of hydrogen-bond acceptors (Lipinski definition) is 3. The summed E-state index contributed by atoms with van der Waals surface area (Å²) in [6.45, 7) is 1.79. The number of benzene rings is 1. The molecular weight excluding hydrogens is 248 g/mol. The highest BCUT2D eigenvalue weighted by molar-refractivity contribution is 5.81. The van der Waals surface area contributed by atoms with Gasteiger partial charge < -0.3 is 5.32 Å². The summed E-state index contributed by atoms with van der Waals surface area (Å²) in [5.41, 5.74) is 3.61. The second kappa shape index (κ2) is 5.84. The van der Waals surface area contributed by atoms with E-state index in [1.54, 1.807) is 0 Å². The fourth-order valence-electron chi connectivity index (χ4n) is 2.39. The lowest BCUT2D eigenvalue weighted by atomic mass is 10.1. The normalized spacial score (nSPS) is 11.1. The van der Waals surface area contributed by atoms with E-state index >= 15 is 0 Å².